The summed E-state index contributed by atoms with van der Waals surface area (Å²) in [6, 6.07) is 30.0. The molecule has 0 bridgehead atoms. The van der Waals surface area contributed by atoms with Gasteiger partial charge in [0.25, 0.3) is 0 Å². The standard InChI is InChI=1S/C32H28Cl2N2O3/c1-37-29-18-20(14-15-28(29)39-17-16-38-27-13-7-5-11-25(27)34)31-32-30(22-9-3-6-12-26(22)36-32)23(19-35-31)21-8-2-4-10-24(21)33/h2-15,18,23,31,35-36H,16-17,19H2,1H3. The van der Waals surface area contributed by atoms with E-state index in [1.807, 2.05) is 48.5 Å². The average molecular weight is 559 g/mol. The van der Waals surface area contributed by atoms with Crippen LogP contribution in [-0.4, -0.2) is 31.9 Å². The van der Waals surface area contributed by atoms with Gasteiger partial charge in [-0.05, 0) is 53.1 Å². The van der Waals surface area contributed by atoms with Gasteiger partial charge in [0.15, 0.2) is 11.5 Å². The van der Waals surface area contributed by atoms with Crippen molar-refractivity contribution in [2.45, 2.75) is 12.0 Å². The highest BCUT2D eigenvalue weighted by atomic mass is 35.5. The summed E-state index contributed by atoms with van der Waals surface area (Å²) in [5.41, 5.74) is 5.72. The third-order valence-electron chi connectivity index (χ3n) is 7.18. The van der Waals surface area contributed by atoms with Gasteiger partial charge in [-0.25, -0.2) is 0 Å². The number of H-pyrrole nitrogens is 1. The van der Waals surface area contributed by atoms with Gasteiger partial charge in [-0.2, -0.15) is 0 Å². The predicted octanol–water partition coefficient (Wildman–Crippen LogP) is 7.77. The molecule has 4 aromatic carbocycles. The Hall–Kier alpha value is -3.64. The normalized spacial score (nSPS) is 16.6. The lowest BCUT2D eigenvalue weighted by Crippen LogP contribution is -2.34. The molecule has 1 aliphatic rings. The van der Waals surface area contributed by atoms with Gasteiger partial charge in [-0.15, -0.1) is 0 Å². The van der Waals surface area contributed by atoms with E-state index in [9.17, 15) is 0 Å². The van der Waals surface area contributed by atoms with Crippen LogP contribution in [0.4, 0.5) is 0 Å². The Balaban J connectivity index is 1.27. The van der Waals surface area contributed by atoms with Crippen LogP contribution in [0.1, 0.15) is 34.3 Å². The number of ether oxygens (including phenoxy) is 3. The Kier molecular flexibility index (Phi) is 7.38. The van der Waals surface area contributed by atoms with Crippen LogP contribution in [0.15, 0.2) is 91.0 Å². The van der Waals surface area contributed by atoms with Crippen molar-refractivity contribution in [3.63, 3.8) is 0 Å². The van der Waals surface area contributed by atoms with Crippen molar-refractivity contribution >= 4 is 34.1 Å². The van der Waals surface area contributed by atoms with Crippen molar-refractivity contribution < 1.29 is 14.2 Å². The van der Waals surface area contributed by atoms with Crippen molar-refractivity contribution in [1.29, 1.82) is 0 Å². The quantitative estimate of drug-likeness (QED) is 0.191. The second-order valence-electron chi connectivity index (χ2n) is 9.45. The number of fused-ring (bicyclic) bond motifs is 3. The summed E-state index contributed by atoms with van der Waals surface area (Å²) >= 11 is 12.8. The number of halogens is 2. The second kappa shape index (κ2) is 11.2. The van der Waals surface area contributed by atoms with Crippen molar-refractivity contribution in [1.82, 2.24) is 10.3 Å². The van der Waals surface area contributed by atoms with E-state index < -0.39 is 0 Å². The monoisotopic (exact) mass is 558 g/mol. The van der Waals surface area contributed by atoms with Gasteiger partial charge in [-0.1, -0.05) is 77.8 Å². The van der Waals surface area contributed by atoms with Crippen molar-refractivity contribution in [3.8, 4) is 17.2 Å². The maximum absolute atomic E-state index is 6.66. The minimum atomic E-state index is -0.0438. The lowest BCUT2D eigenvalue weighted by atomic mass is 9.83. The van der Waals surface area contributed by atoms with Crippen LogP contribution in [0.25, 0.3) is 10.9 Å². The molecule has 2 atom stereocenters. The first-order valence-electron chi connectivity index (χ1n) is 12.9. The van der Waals surface area contributed by atoms with Gasteiger partial charge in [0.2, 0.25) is 0 Å². The second-order valence-corrected chi connectivity index (χ2v) is 10.3. The van der Waals surface area contributed by atoms with Crippen molar-refractivity contribution in [3.05, 3.63) is 123 Å². The summed E-state index contributed by atoms with van der Waals surface area (Å²) in [5, 5.41) is 6.33. The number of nitrogens with one attached hydrogen (secondary N) is 2. The number of rotatable bonds is 8. The molecule has 2 unspecified atom stereocenters. The van der Waals surface area contributed by atoms with Gasteiger partial charge >= 0.3 is 0 Å². The minimum absolute atomic E-state index is 0.0438. The molecule has 198 valence electrons. The molecule has 7 heteroatoms. The molecule has 5 nitrogen and oxygen atoms in total. The molecule has 0 radical (unpaired) electrons. The summed E-state index contributed by atoms with van der Waals surface area (Å²) < 4.78 is 17.5. The molecule has 2 N–H and O–H groups in total. The van der Waals surface area contributed by atoms with E-state index in [1.165, 1.54) is 10.9 Å². The zero-order chi connectivity index (χ0) is 26.8. The van der Waals surface area contributed by atoms with Crippen molar-refractivity contribution in [2.24, 2.45) is 0 Å². The molecule has 0 saturated heterocycles. The Bertz CT molecular complexity index is 1620. The molecule has 0 spiro atoms. The summed E-state index contributed by atoms with van der Waals surface area (Å²) in [4.78, 5) is 3.69. The SMILES string of the molecule is COc1cc(C2NCC(c3ccccc3Cl)c3c2[nH]c2ccccc32)ccc1OCCOc1ccccc1Cl. The van der Waals surface area contributed by atoms with Gasteiger partial charge in [0.1, 0.15) is 19.0 Å². The molecule has 1 aromatic heterocycles. The number of methoxy groups -OCH3 is 1. The maximum Gasteiger partial charge on any atom is 0.161 e. The van der Waals surface area contributed by atoms with Crippen LogP contribution >= 0.6 is 23.2 Å². The van der Waals surface area contributed by atoms with Gasteiger partial charge in [0, 0.05) is 34.1 Å². The maximum atomic E-state index is 6.66. The Morgan fingerprint density at radius 1 is 0.769 bits per heavy atom. The summed E-state index contributed by atoms with van der Waals surface area (Å²) in [6.07, 6.45) is 0. The number of benzene rings is 4. The van der Waals surface area contributed by atoms with Crippen LogP contribution in [0, 0.1) is 0 Å². The summed E-state index contributed by atoms with van der Waals surface area (Å²) in [7, 11) is 1.66. The Morgan fingerprint density at radius 3 is 2.28 bits per heavy atom. The van der Waals surface area contributed by atoms with Crippen LogP contribution < -0.4 is 19.5 Å². The molecule has 39 heavy (non-hydrogen) atoms. The van der Waals surface area contributed by atoms with Gasteiger partial charge in [0.05, 0.1) is 18.2 Å². The van der Waals surface area contributed by atoms with Crippen LogP contribution in [-0.2, 0) is 0 Å². The fourth-order valence-corrected chi connectivity index (χ4v) is 5.84. The summed E-state index contributed by atoms with van der Waals surface area (Å²) in [6.45, 7) is 1.47. The predicted molar refractivity (Wildman–Crippen MR) is 157 cm³/mol. The highest BCUT2D eigenvalue weighted by Gasteiger charge is 2.33. The van der Waals surface area contributed by atoms with Gasteiger partial charge in [-0.3, -0.25) is 0 Å². The first-order valence-corrected chi connectivity index (χ1v) is 13.7. The number of hydrogen-bond donors (Lipinski definition) is 2. The topological polar surface area (TPSA) is 55.5 Å². The van der Waals surface area contributed by atoms with Crippen LogP contribution in [0.2, 0.25) is 10.0 Å². The van der Waals surface area contributed by atoms with Crippen LogP contribution in [0.3, 0.4) is 0 Å². The van der Waals surface area contributed by atoms with E-state index in [-0.39, 0.29) is 12.0 Å². The molecule has 0 amide bonds. The first-order chi connectivity index (χ1) is 19.1. The lowest BCUT2D eigenvalue weighted by Gasteiger charge is -2.32. The lowest BCUT2D eigenvalue weighted by molar-refractivity contribution is 0.211. The van der Waals surface area contributed by atoms with Crippen LogP contribution in [0.5, 0.6) is 17.2 Å². The smallest absolute Gasteiger partial charge is 0.161 e. The Labute approximate surface area is 237 Å². The minimum Gasteiger partial charge on any atom is -0.493 e. The fraction of sp³-hybridized carbons (Fsp3) is 0.188. The molecule has 6 rings (SSSR count). The zero-order valence-corrected chi connectivity index (χ0v) is 22.9. The third kappa shape index (κ3) is 5.06. The molecule has 0 fully saturated rings. The Morgan fingerprint density at radius 2 is 1.49 bits per heavy atom. The van der Waals surface area contributed by atoms with E-state index in [2.05, 4.69) is 46.7 Å². The molecular formula is C32H28Cl2N2O3. The highest BCUT2D eigenvalue weighted by Crippen LogP contribution is 2.44. The number of hydrogen-bond acceptors (Lipinski definition) is 4. The first kappa shape index (κ1) is 25.6. The molecular weight excluding hydrogens is 531 g/mol. The van der Waals surface area contributed by atoms with E-state index in [0.29, 0.717) is 35.5 Å². The number of aromatic amines is 1. The van der Waals surface area contributed by atoms with Gasteiger partial charge < -0.3 is 24.5 Å². The average Bonchev–Trinajstić information content (AvgIpc) is 3.36. The molecule has 0 aliphatic carbocycles. The molecule has 2 heterocycles. The van der Waals surface area contributed by atoms with Crippen molar-refractivity contribution in [2.75, 3.05) is 26.9 Å². The zero-order valence-electron chi connectivity index (χ0n) is 21.4. The molecule has 5 aromatic rings. The highest BCUT2D eigenvalue weighted by molar-refractivity contribution is 6.32. The van der Waals surface area contributed by atoms with E-state index in [4.69, 9.17) is 37.4 Å². The van der Waals surface area contributed by atoms with E-state index in [1.54, 1.807) is 13.2 Å². The van der Waals surface area contributed by atoms with E-state index in [0.717, 1.165) is 33.9 Å². The fourth-order valence-electron chi connectivity index (χ4n) is 5.38. The van der Waals surface area contributed by atoms with E-state index >= 15 is 0 Å². The largest absolute Gasteiger partial charge is 0.493 e. The molecule has 1 aliphatic heterocycles. The third-order valence-corrected chi connectivity index (χ3v) is 7.83. The number of para-hydroxylation sites is 2. The number of aromatic nitrogens is 1. The molecule has 0 saturated carbocycles. The summed E-state index contributed by atoms with van der Waals surface area (Å²) in [5.74, 6) is 2.09.